The van der Waals surface area contributed by atoms with Crippen LogP contribution in [0.3, 0.4) is 0 Å². The Balaban J connectivity index is 2.10. The van der Waals surface area contributed by atoms with Gasteiger partial charge in [-0.15, -0.1) is 0 Å². The van der Waals surface area contributed by atoms with Crippen molar-refractivity contribution in [2.75, 3.05) is 6.61 Å². The number of carbonyl (C=O) groups is 1. The molecule has 1 heterocycles. The summed E-state index contributed by atoms with van der Waals surface area (Å²) in [6, 6.07) is 0. The Kier molecular flexibility index (Phi) is 4.11. The summed E-state index contributed by atoms with van der Waals surface area (Å²) in [6.07, 6.45) is 2.71. The van der Waals surface area contributed by atoms with E-state index in [2.05, 4.69) is 10.1 Å². The second-order valence-electron chi connectivity index (χ2n) is 4.75. The number of rotatable bonds is 7. The maximum Gasteiger partial charge on any atom is 0.237 e. The first-order valence-corrected chi connectivity index (χ1v) is 6.65. The Labute approximate surface area is 107 Å². The first-order chi connectivity index (χ1) is 8.67. The zero-order chi connectivity index (χ0) is 13.1. The van der Waals surface area contributed by atoms with E-state index in [9.17, 15) is 4.79 Å². The average molecular weight is 252 g/mol. The van der Waals surface area contributed by atoms with Gasteiger partial charge in [-0.05, 0) is 32.6 Å². The van der Waals surface area contributed by atoms with Crippen molar-refractivity contribution in [1.82, 2.24) is 10.1 Å². The second kappa shape index (κ2) is 5.61. The van der Waals surface area contributed by atoms with Gasteiger partial charge >= 0.3 is 0 Å². The van der Waals surface area contributed by atoms with E-state index in [-0.39, 0.29) is 17.8 Å². The molecule has 18 heavy (non-hydrogen) atoms. The lowest BCUT2D eigenvalue weighted by Crippen LogP contribution is -2.10. The van der Waals surface area contributed by atoms with Crippen molar-refractivity contribution in [2.24, 2.45) is 5.92 Å². The monoisotopic (exact) mass is 252 g/mol. The highest BCUT2D eigenvalue weighted by Crippen LogP contribution is 2.42. The molecule has 100 valence electrons. The van der Waals surface area contributed by atoms with Crippen LogP contribution in [0.25, 0.3) is 0 Å². The van der Waals surface area contributed by atoms with Crippen LogP contribution in [0.2, 0.25) is 0 Å². The van der Waals surface area contributed by atoms with E-state index in [1.54, 1.807) is 6.92 Å². The van der Waals surface area contributed by atoms with Crippen LogP contribution in [-0.2, 0) is 9.53 Å². The summed E-state index contributed by atoms with van der Waals surface area (Å²) in [5, 5.41) is 3.97. The molecule has 5 nitrogen and oxygen atoms in total. The van der Waals surface area contributed by atoms with Crippen LogP contribution in [0.5, 0.6) is 0 Å². The number of Topliss-reactive ketones (excluding diaryl/α,β-unsaturated/α-hetero) is 1. The molecule has 0 amide bonds. The van der Waals surface area contributed by atoms with Gasteiger partial charge in [0.05, 0.1) is 5.92 Å². The molecule has 0 N–H and O–H groups in total. The van der Waals surface area contributed by atoms with Crippen molar-refractivity contribution in [3.05, 3.63) is 11.7 Å². The number of carbonyl (C=O) groups excluding carboxylic acids is 1. The Morgan fingerprint density at radius 1 is 1.50 bits per heavy atom. The fourth-order valence-electron chi connectivity index (χ4n) is 1.98. The largest absolute Gasteiger partial charge is 0.370 e. The number of nitrogens with zero attached hydrogens (tertiary/aromatic N) is 2. The summed E-state index contributed by atoms with van der Waals surface area (Å²) in [7, 11) is 0. The molecule has 1 aromatic heterocycles. The number of hydrogen-bond acceptors (Lipinski definition) is 5. The van der Waals surface area contributed by atoms with E-state index < -0.39 is 0 Å². The highest BCUT2D eigenvalue weighted by atomic mass is 16.5. The number of aromatic nitrogens is 2. The van der Waals surface area contributed by atoms with Crippen molar-refractivity contribution < 1.29 is 14.1 Å². The smallest absolute Gasteiger partial charge is 0.237 e. The molecule has 1 saturated carbocycles. The number of ketones is 1. The minimum atomic E-state index is -0.322. The number of hydrogen-bond donors (Lipinski definition) is 0. The Morgan fingerprint density at radius 3 is 2.78 bits per heavy atom. The van der Waals surface area contributed by atoms with Crippen molar-refractivity contribution >= 4 is 5.78 Å². The van der Waals surface area contributed by atoms with E-state index in [4.69, 9.17) is 9.26 Å². The lowest BCUT2D eigenvalue weighted by molar-refractivity contribution is -0.120. The maximum atomic E-state index is 11.6. The van der Waals surface area contributed by atoms with Gasteiger partial charge < -0.3 is 9.26 Å². The zero-order valence-corrected chi connectivity index (χ0v) is 11.2. The molecule has 0 radical (unpaired) electrons. The van der Waals surface area contributed by atoms with Gasteiger partial charge in [-0.1, -0.05) is 12.1 Å². The van der Waals surface area contributed by atoms with Gasteiger partial charge in [0, 0.05) is 13.0 Å². The normalized spacial score (nSPS) is 18.6. The summed E-state index contributed by atoms with van der Waals surface area (Å²) in [4.78, 5) is 15.9. The van der Waals surface area contributed by atoms with E-state index in [0.717, 1.165) is 12.8 Å². The Morgan fingerprint density at radius 2 is 2.22 bits per heavy atom. The predicted octanol–water partition coefficient (Wildman–Crippen LogP) is 2.64. The van der Waals surface area contributed by atoms with Gasteiger partial charge in [0.2, 0.25) is 11.7 Å². The molecule has 2 atom stereocenters. The van der Waals surface area contributed by atoms with E-state index in [1.165, 1.54) is 0 Å². The summed E-state index contributed by atoms with van der Waals surface area (Å²) >= 11 is 0. The predicted molar refractivity (Wildman–Crippen MR) is 65.1 cm³/mol. The van der Waals surface area contributed by atoms with Crippen LogP contribution in [0.4, 0.5) is 0 Å². The molecule has 0 aliphatic heterocycles. The van der Waals surface area contributed by atoms with E-state index >= 15 is 0 Å². The summed E-state index contributed by atoms with van der Waals surface area (Å²) in [5.41, 5.74) is 0. The van der Waals surface area contributed by atoms with Crippen molar-refractivity contribution in [2.45, 2.75) is 52.1 Å². The second-order valence-corrected chi connectivity index (χ2v) is 4.75. The molecule has 2 rings (SSSR count). The van der Waals surface area contributed by atoms with Gasteiger partial charge in [0.15, 0.2) is 0 Å². The van der Waals surface area contributed by atoms with Crippen molar-refractivity contribution in [3.8, 4) is 0 Å². The maximum absolute atomic E-state index is 11.6. The molecule has 0 aromatic carbocycles. The average Bonchev–Trinajstić information content (AvgIpc) is 3.11. The molecule has 0 saturated heterocycles. The molecule has 0 bridgehead atoms. The lowest BCUT2D eigenvalue weighted by atomic mass is 10.1. The van der Waals surface area contributed by atoms with Crippen LogP contribution in [-0.4, -0.2) is 22.5 Å². The minimum Gasteiger partial charge on any atom is -0.370 e. The van der Waals surface area contributed by atoms with E-state index in [1.807, 2.05) is 13.8 Å². The van der Waals surface area contributed by atoms with Crippen LogP contribution >= 0.6 is 0 Å². The lowest BCUT2D eigenvalue weighted by Gasteiger charge is -2.11. The SMILES string of the molecule is CCOC(c1noc(C(C)C(=O)CC)n1)C1CC1. The zero-order valence-electron chi connectivity index (χ0n) is 11.2. The Bertz CT molecular complexity index is 412. The van der Waals surface area contributed by atoms with Gasteiger partial charge in [-0.3, -0.25) is 4.79 Å². The molecular formula is C13H20N2O3. The minimum absolute atomic E-state index is 0.0728. The molecular weight excluding hydrogens is 232 g/mol. The fourth-order valence-corrected chi connectivity index (χ4v) is 1.98. The standard InChI is InChI=1S/C13H20N2O3/c1-4-10(16)8(3)13-14-12(15-18-13)11(17-5-2)9-6-7-9/h8-9,11H,4-7H2,1-3H3. The third-order valence-corrected chi connectivity index (χ3v) is 3.31. The molecule has 1 aliphatic rings. The summed E-state index contributed by atoms with van der Waals surface area (Å²) in [6.45, 7) is 6.23. The highest BCUT2D eigenvalue weighted by Gasteiger charge is 2.36. The third kappa shape index (κ3) is 2.77. The number of ether oxygens (including phenoxy) is 1. The Hall–Kier alpha value is -1.23. The van der Waals surface area contributed by atoms with Crippen LogP contribution < -0.4 is 0 Å². The first kappa shape index (κ1) is 13.2. The quantitative estimate of drug-likeness (QED) is 0.746. The van der Waals surface area contributed by atoms with Crippen molar-refractivity contribution in [1.29, 1.82) is 0 Å². The molecule has 1 aliphatic carbocycles. The van der Waals surface area contributed by atoms with Gasteiger partial charge in [-0.2, -0.15) is 4.98 Å². The molecule has 1 aromatic rings. The van der Waals surface area contributed by atoms with Crippen molar-refractivity contribution in [3.63, 3.8) is 0 Å². The van der Waals surface area contributed by atoms with Crippen LogP contribution in [0.15, 0.2) is 4.52 Å². The highest BCUT2D eigenvalue weighted by molar-refractivity contribution is 5.83. The first-order valence-electron chi connectivity index (χ1n) is 6.65. The van der Waals surface area contributed by atoms with Crippen LogP contribution in [0, 0.1) is 5.92 Å². The van der Waals surface area contributed by atoms with Gasteiger partial charge in [-0.25, -0.2) is 0 Å². The summed E-state index contributed by atoms with van der Waals surface area (Å²) < 4.78 is 10.9. The van der Waals surface area contributed by atoms with E-state index in [0.29, 0.717) is 30.7 Å². The molecule has 1 fully saturated rings. The van der Waals surface area contributed by atoms with Gasteiger partial charge in [0.25, 0.3) is 0 Å². The van der Waals surface area contributed by atoms with Crippen LogP contribution in [0.1, 0.15) is 63.8 Å². The fraction of sp³-hybridized carbons (Fsp3) is 0.769. The third-order valence-electron chi connectivity index (χ3n) is 3.31. The molecule has 2 unspecified atom stereocenters. The molecule has 0 spiro atoms. The molecule has 5 heteroatoms. The topological polar surface area (TPSA) is 65.2 Å². The van der Waals surface area contributed by atoms with Gasteiger partial charge in [0.1, 0.15) is 11.9 Å². The summed E-state index contributed by atoms with van der Waals surface area (Å²) in [5.74, 6) is 1.29.